The molecule has 0 heterocycles. The summed E-state index contributed by atoms with van der Waals surface area (Å²) in [5.74, 6) is -3.25. The van der Waals surface area contributed by atoms with Crippen LogP contribution in [0.5, 0.6) is 0 Å². The zero-order chi connectivity index (χ0) is 19.0. The number of aliphatic carboxylic acids is 3. The summed E-state index contributed by atoms with van der Waals surface area (Å²) in [6.07, 6.45) is -2.94. The van der Waals surface area contributed by atoms with Gasteiger partial charge in [0, 0.05) is 17.9 Å². The molecule has 0 saturated carbocycles. The molecule has 0 aromatic carbocycles. The van der Waals surface area contributed by atoms with Gasteiger partial charge < -0.3 is 29.7 Å². The molecule has 0 aromatic rings. The van der Waals surface area contributed by atoms with Crippen LogP contribution >= 0.6 is 0 Å². The second-order valence-electron chi connectivity index (χ2n) is 2.68. The van der Waals surface area contributed by atoms with E-state index in [0.29, 0.717) is 0 Å². The first-order chi connectivity index (χ1) is 9.66. The smallest absolute Gasteiger partial charge is 0.550 e. The van der Waals surface area contributed by atoms with Crippen LogP contribution in [-0.4, -0.2) is 56.3 Å². The summed E-state index contributed by atoms with van der Waals surface area (Å²) in [5.41, 5.74) is 0. The number of carbonyl (C=O) groups excluding carboxylic acids is 3. The number of hydrogen-bond donors (Lipinski definition) is 0. The first-order valence-corrected chi connectivity index (χ1v) is 4.59. The fourth-order valence-electron chi connectivity index (χ4n) is 0.231. The van der Waals surface area contributed by atoms with Gasteiger partial charge in [0.2, 0.25) is 0 Å². The van der Waals surface area contributed by atoms with Gasteiger partial charge in [-0.15, -0.1) is 0 Å². The number of nitro groups is 3. The molecule has 0 spiro atoms. The van der Waals surface area contributed by atoms with E-state index in [1.54, 1.807) is 0 Å². The van der Waals surface area contributed by atoms with Gasteiger partial charge in [-0.05, 0) is 20.8 Å². The Morgan fingerprint density at radius 3 is 0.739 bits per heavy atom. The van der Waals surface area contributed by atoms with E-state index in [-0.39, 0.29) is 17.4 Å². The number of hydrogen-bond acceptors (Lipinski definition) is 12. The number of nitrogens with zero attached hydrogens (tertiary/aromatic N) is 3. The van der Waals surface area contributed by atoms with Gasteiger partial charge in [-0.2, -0.15) is 0 Å². The molecular formula is C7H10AlN3O12. The molecule has 16 heteroatoms. The average Bonchev–Trinajstić information content (AvgIpc) is 2.10. The quantitative estimate of drug-likeness (QED) is 0.199. The fraction of sp³-hybridized carbons (Fsp3) is 0.571. The average molecular weight is 355 g/mol. The van der Waals surface area contributed by atoms with E-state index in [1.165, 1.54) is 0 Å². The van der Waals surface area contributed by atoms with Crippen LogP contribution in [-0.2, 0) is 14.4 Å². The number of carboxylic acid groups (broad SMARTS) is 3. The molecule has 0 unspecified atom stereocenters. The van der Waals surface area contributed by atoms with Crippen molar-refractivity contribution in [3.05, 3.63) is 30.3 Å². The van der Waals surface area contributed by atoms with Gasteiger partial charge in [-0.1, -0.05) is 0 Å². The summed E-state index contributed by atoms with van der Waals surface area (Å²) in [4.78, 5) is 50.4. The first-order valence-electron chi connectivity index (χ1n) is 4.59. The first kappa shape index (κ1) is 32.2. The summed E-state index contributed by atoms with van der Waals surface area (Å²) >= 11 is 0. The van der Waals surface area contributed by atoms with Gasteiger partial charge in [0.25, 0.3) is 0 Å². The summed E-state index contributed by atoms with van der Waals surface area (Å²) in [7, 11) is 0. The molecule has 0 aliphatic rings. The molecular weight excluding hydrogens is 345 g/mol. The van der Waals surface area contributed by atoms with E-state index < -0.39 is 39.0 Å². The van der Waals surface area contributed by atoms with Crippen molar-refractivity contribution in [3.8, 4) is 0 Å². The van der Waals surface area contributed by atoms with Crippen molar-refractivity contribution < 1.29 is 44.5 Å². The van der Waals surface area contributed by atoms with Crippen molar-refractivity contribution in [2.24, 2.45) is 0 Å². The summed E-state index contributed by atoms with van der Waals surface area (Å²) < 4.78 is 0. The Labute approximate surface area is 138 Å². The van der Waals surface area contributed by atoms with Crippen molar-refractivity contribution in [1.82, 2.24) is 0 Å². The molecule has 0 atom stereocenters. The Balaban J connectivity index is -0.0000000700. The Morgan fingerprint density at radius 2 is 0.739 bits per heavy atom. The normalized spacial score (nSPS) is 7.30. The maximum absolute atomic E-state index is 9.50. The van der Waals surface area contributed by atoms with Gasteiger partial charge in [0.15, 0.2) is 14.8 Å². The summed E-state index contributed by atoms with van der Waals surface area (Å²) in [6.45, 7) is 2.92. The van der Waals surface area contributed by atoms with Gasteiger partial charge in [0.05, 0.1) is 0 Å². The molecule has 0 bridgehead atoms. The number of carboxylic acids is 3. The van der Waals surface area contributed by atoms with Crippen LogP contribution in [0.15, 0.2) is 0 Å². The van der Waals surface area contributed by atoms with Crippen LogP contribution in [0.4, 0.5) is 0 Å². The van der Waals surface area contributed by atoms with Crippen molar-refractivity contribution in [1.29, 1.82) is 0 Å². The third-order valence-corrected chi connectivity index (χ3v) is 0.566. The zero-order valence-corrected chi connectivity index (χ0v) is 13.1. The molecule has 0 aromatic heterocycles. The second-order valence-corrected chi connectivity index (χ2v) is 2.68. The molecule has 128 valence electrons. The Bertz CT molecular complexity index is 351. The summed E-state index contributed by atoms with van der Waals surface area (Å²) in [5, 5.41) is 55.2. The molecule has 0 fully saturated rings. The molecule has 15 nitrogen and oxygen atoms in total. The van der Waals surface area contributed by atoms with Crippen molar-refractivity contribution in [3.63, 3.8) is 0 Å². The van der Waals surface area contributed by atoms with E-state index in [9.17, 15) is 30.3 Å². The second kappa shape index (κ2) is 19.1. The number of rotatable bonds is 3. The van der Waals surface area contributed by atoms with Crippen LogP contribution in [0, 0.1) is 30.3 Å². The number of carbonyl (C=O) groups is 3. The molecule has 0 radical (unpaired) electrons. The van der Waals surface area contributed by atoms with E-state index in [4.69, 9.17) is 29.7 Å². The van der Waals surface area contributed by atoms with Crippen molar-refractivity contribution >= 4 is 35.3 Å². The van der Waals surface area contributed by atoms with Gasteiger partial charge in [-0.3, -0.25) is 30.3 Å². The minimum absolute atomic E-state index is 0. The molecule has 0 aliphatic carbocycles. The predicted molar refractivity (Wildman–Crippen MR) is 62.6 cm³/mol. The van der Waals surface area contributed by atoms with Crippen LogP contribution in [0.25, 0.3) is 0 Å². The molecule has 0 amide bonds. The van der Waals surface area contributed by atoms with Crippen LogP contribution in [0.1, 0.15) is 20.8 Å². The third kappa shape index (κ3) is 67.3. The largest absolute Gasteiger partial charge is 3.00 e. The Morgan fingerprint density at radius 1 is 0.652 bits per heavy atom. The molecule has 23 heavy (non-hydrogen) atoms. The molecule has 0 rings (SSSR count). The third-order valence-electron chi connectivity index (χ3n) is 0.566. The van der Waals surface area contributed by atoms with Crippen LogP contribution < -0.4 is 15.3 Å². The molecule has 0 N–H and O–H groups in total. The van der Waals surface area contributed by atoms with E-state index in [1.807, 2.05) is 0 Å². The fourth-order valence-corrected chi connectivity index (χ4v) is 0.231. The van der Waals surface area contributed by atoms with Crippen LogP contribution in [0.3, 0.4) is 0 Å². The van der Waals surface area contributed by atoms with E-state index in [2.05, 4.69) is 0 Å². The standard InChI is InChI=1S/3C2H4O2.CHN3O6.Al/c3*1-2(3)4;5-2(6)1(3(7)8)4(9)10;/h3*1H3,(H,3,4);1H;/q;;;;+3/p-3. The summed E-state index contributed by atoms with van der Waals surface area (Å²) in [6, 6.07) is 0. The minimum atomic E-state index is -2.94. The van der Waals surface area contributed by atoms with Crippen molar-refractivity contribution in [2.75, 3.05) is 0 Å². The predicted octanol–water partition coefficient (Wildman–Crippen LogP) is -5.01. The van der Waals surface area contributed by atoms with E-state index >= 15 is 0 Å². The minimum Gasteiger partial charge on any atom is -0.550 e. The Hall–Kier alpha value is -2.86. The monoisotopic (exact) mass is 355 g/mol. The zero-order valence-electron chi connectivity index (χ0n) is 11.9. The molecule has 0 saturated heterocycles. The van der Waals surface area contributed by atoms with Gasteiger partial charge in [-0.25, -0.2) is 0 Å². The van der Waals surface area contributed by atoms with Crippen LogP contribution in [0.2, 0.25) is 0 Å². The Kier molecular flexibility index (Phi) is 26.8. The van der Waals surface area contributed by atoms with Gasteiger partial charge in [0.1, 0.15) is 0 Å². The maximum atomic E-state index is 9.50. The van der Waals surface area contributed by atoms with Crippen molar-refractivity contribution in [2.45, 2.75) is 27.1 Å². The SMILES string of the molecule is CC(=O)[O-].CC(=O)[O-].CC(=O)[O-].O=[N+]([O-])C([N+](=O)[O-])[N+](=O)[O-].[Al+3]. The maximum Gasteiger partial charge on any atom is 3.00 e. The molecule has 0 aliphatic heterocycles. The topological polar surface area (TPSA) is 250 Å². The van der Waals surface area contributed by atoms with Gasteiger partial charge >= 0.3 is 23.7 Å². The van der Waals surface area contributed by atoms with E-state index in [0.717, 1.165) is 20.8 Å².